The van der Waals surface area contributed by atoms with E-state index in [2.05, 4.69) is 40.1 Å². The zero-order valence-corrected chi connectivity index (χ0v) is 19.3. The predicted octanol–water partition coefficient (Wildman–Crippen LogP) is 4.19. The molecule has 0 bridgehead atoms. The molecule has 2 aromatic heterocycles. The van der Waals surface area contributed by atoms with Crippen molar-refractivity contribution in [1.82, 2.24) is 14.3 Å². The van der Waals surface area contributed by atoms with Crippen LogP contribution in [0.2, 0.25) is 0 Å². The van der Waals surface area contributed by atoms with E-state index in [0.717, 1.165) is 57.7 Å². The number of aryl methyl sites for hydroxylation is 3. The monoisotopic (exact) mass is 438 g/mol. The molecule has 1 aliphatic heterocycles. The molecule has 5 rings (SSSR count). The first-order valence-corrected chi connectivity index (χ1v) is 11.1. The van der Waals surface area contributed by atoms with E-state index in [1.807, 2.05) is 55.9 Å². The summed E-state index contributed by atoms with van der Waals surface area (Å²) < 4.78 is 3.58. The van der Waals surface area contributed by atoms with Crippen LogP contribution in [0.5, 0.6) is 0 Å². The quantitative estimate of drug-likeness (QED) is 0.480. The molecule has 0 amide bonds. The molecule has 1 aliphatic rings. The fourth-order valence-electron chi connectivity index (χ4n) is 4.81. The van der Waals surface area contributed by atoms with Crippen molar-refractivity contribution in [1.29, 1.82) is 5.26 Å². The Kier molecular flexibility index (Phi) is 4.94. The summed E-state index contributed by atoms with van der Waals surface area (Å²) in [6, 6.07) is 14.6. The van der Waals surface area contributed by atoms with Gasteiger partial charge in [0, 0.05) is 62.0 Å². The van der Waals surface area contributed by atoms with Crippen LogP contribution in [0.25, 0.3) is 22.0 Å². The Morgan fingerprint density at radius 1 is 1.09 bits per heavy atom. The normalized spacial score (nSPS) is 13.3. The van der Waals surface area contributed by atoms with Gasteiger partial charge in [-0.25, -0.2) is 0 Å². The van der Waals surface area contributed by atoms with Crippen molar-refractivity contribution >= 4 is 28.0 Å². The van der Waals surface area contributed by atoms with Crippen LogP contribution >= 0.6 is 0 Å². The molecule has 0 saturated heterocycles. The first-order chi connectivity index (χ1) is 15.9. The maximum atomic E-state index is 12.7. The number of likely N-dealkylation sites (N-methyl/N-ethyl adjacent to an activating group) is 1. The molecule has 0 saturated carbocycles. The Labute approximate surface area is 192 Å². The molecule has 33 heavy (non-hydrogen) atoms. The molecular formula is C26H26N6O. The molecule has 2 aromatic carbocycles. The number of rotatable bonds is 3. The van der Waals surface area contributed by atoms with Crippen LogP contribution < -0.4 is 15.4 Å². The molecule has 7 nitrogen and oxygen atoms in total. The number of aromatic nitrogens is 3. The molecular weight excluding hydrogens is 412 g/mol. The summed E-state index contributed by atoms with van der Waals surface area (Å²) in [5, 5.41) is 15.3. The van der Waals surface area contributed by atoms with Crippen molar-refractivity contribution in [2.75, 3.05) is 29.9 Å². The molecule has 0 aliphatic carbocycles. The maximum Gasteiger partial charge on any atom is 0.253 e. The summed E-state index contributed by atoms with van der Waals surface area (Å²) >= 11 is 0. The number of benzene rings is 2. The van der Waals surface area contributed by atoms with Gasteiger partial charge < -0.3 is 14.4 Å². The van der Waals surface area contributed by atoms with E-state index in [0.29, 0.717) is 12.1 Å². The number of hydrogen-bond acceptors (Lipinski definition) is 5. The minimum absolute atomic E-state index is 0.0498. The zero-order chi connectivity index (χ0) is 23.3. The van der Waals surface area contributed by atoms with Gasteiger partial charge in [0.15, 0.2) is 0 Å². The minimum Gasteiger partial charge on any atom is -0.371 e. The summed E-state index contributed by atoms with van der Waals surface area (Å²) in [5.74, 6) is 0. The average Bonchev–Trinajstić information content (AvgIpc) is 3.25. The van der Waals surface area contributed by atoms with Gasteiger partial charge in [0.05, 0.1) is 40.4 Å². The number of pyridine rings is 1. The third-order valence-electron chi connectivity index (χ3n) is 6.51. The van der Waals surface area contributed by atoms with Crippen molar-refractivity contribution in [2.45, 2.75) is 20.4 Å². The standard InChI is InChI=1S/C26H26N6O/c1-5-31-22-7-6-8-23(21(22)11-17(2)26(31)33)32-10-9-29(3)24-13-20(18(14-27)12-25(24)32)19-15-28-30(4)16-19/h6-8,11-13,15-16H,5,9-10H2,1-4H3. The van der Waals surface area contributed by atoms with E-state index in [1.54, 1.807) is 10.9 Å². The second kappa shape index (κ2) is 7.82. The third-order valence-corrected chi connectivity index (χ3v) is 6.51. The maximum absolute atomic E-state index is 12.7. The lowest BCUT2D eigenvalue weighted by molar-refractivity contribution is 0.753. The van der Waals surface area contributed by atoms with Gasteiger partial charge in [-0.15, -0.1) is 0 Å². The average molecular weight is 439 g/mol. The van der Waals surface area contributed by atoms with Crippen LogP contribution in [-0.4, -0.2) is 34.5 Å². The van der Waals surface area contributed by atoms with Crippen LogP contribution in [0.15, 0.2) is 53.6 Å². The van der Waals surface area contributed by atoms with Crippen LogP contribution in [0.3, 0.4) is 0 Å². The van der Waals surface area contributed by atoms with Gasteiger partial charge in [0.1, 0.15) is 0 Å². The van der Waals surface area contributed by atoms with Crippen molar-refractivity contribution in [3.63, 3.8) is 0 Å². The molecule has 0 spiro atoms. The first kappa shape index (κ1) is 20.8. The summed E-state index contributed by atoms with van der Waals surface area (Å²) in [7, 11) is 3.96. The van der Waals surface area contributed by atoms with E-state index in [9.17, 15) is 10.1 Å². The fraction of sp³-hybridized carbons (Fsp3) is 0.269. The van der Waals surface area contributed by atoms with E-state index in [4.69, 9.17) is 0 Å². The van der Waals surface area contributed by atoms with Crippen LogP contribution in [0.1, 0.15) is 18.1 Å². The first-order valence-electron chi connectivity index (χ1n) is 11.1. The van der Waals surface area contributed by atoms with E-state index in [1.165, 1.54) is 0 Å². The summed E-state index contributed by atoms with van der Waals surface area (Å²) in [5.41, 5.74) is 7.24. The Morgan fingerprint density at radius 2 is 1.91 bits per heavy atom. The lowest BCUT2D eigenvalue weighted by Gasteiger charge is -2.38. The van der Waals surface area contributed by atoms with E-state index in [-0.39, 0.29) is 5.56 Å². The highest BCUT2D eigenvalue weighted by Gasteiger charge is 2.26. The van der Waals surface area contributed by atoms with Gasteiger partial charge in [0.25, 0.3) is 5.56 Å². The SMILES string of the molecule is CCn1c(=O)c(C)cc2c(N3CCN(C)c4cc(-c5cnn(C)c5)c(C#N)cc43)cccc21. The Hall–Kier alpha value is -4.05. The highest BCUT2D eigenvalue weighted by atomic mass is 16.1. The summed E-state index contributed by atoms with van der Waals surface area (Å²) in [6.07, 6.45) is 3.72. The van der Waals surface area contributed by atoms with E-state index >= 15 is 0 Å². The van der Waals surface area contributed by atoms with Gasteiger partial charge in [-0.2, -0.15) is 10.4 Å². The Bertz CT molecular complexity index is 1490. The smallest absolute Gasteiger partial charge is 0.253 e. The number of anilines is 3. The second-order valence-electron chi connectivity index (χ2n) is 8.56. The Morgan fingerprint density at radius 3 is 2.61 bits per heavy atom. The summed E-state index contributed by atoms with van der Waals surface area (Å²) in [4.78, 5) is 17.2. The van der Waals surface area contributed by atoms with Crippen molar-refractivity contribution < 1.29 is 0 Å². The number of hydrogen-bond donors (Lipinski definition) is 0. The number of fused-ring (bicyclic) bond motifs is 2. The molecule has 0 radical (unpaired) electrons. The number of nitrogens with zero attached hydrogens (tertiary/aromatic N) is 6. The largest absolute Gasteiger partial charge is 0.371 e. The highest BCUT2D eigenvalue weighted by Crippen LogP contribution is 2.43. The predicted molar refractivity (Wildman–Crippen MR) is 132 cm³/mol. The molecule has 3 heterocycles. The molecule has 0 atom stereocenters. The van der Waals surface area contributed by atoms with Crippen LogP contribution in [0.4, 0.5) is 17.1 Å². The minimum atomic E-state index is 0.0498. The highest BCUT2D eigenvalue weighted by molar-refractivity contribution is 5.97. The van der Waals surface area contributed by atoms with E-state index < -0.39 is 0 Å². The topological polar surface area (TPSA) is 70.1 Å². The van der Waals surface area contributed by atoms with Crippen molar-refractivity contribution in [3.8, 4) is 17.2 Å². The lowest BCUT2D eigenvalue weighted by atomic mass is 9.98. The molecule has 0 fully saturated rings. The van der Waals surface area contributed by atoms with Crippen LogP contribution in [0, 0.1) is 18.3 Å². The van der Waals surface area contributed by atoms with Crippen molar-refractivity contribution in [2.24, 2.45) is 7.05 Å². The third kappa shape index (κ3) is 3.26. The van der Waals surface area contributed by atoms with Gasteiger partial charge in [-0.3, -0.25) is 9.48 Å². The number of nitriles is 1. The molecule has 7 heteroatoms. The second-order valence-corrected chi connectivity index (χ2v) is 8.56. The van der Waals surface area contributed by atoms with Gasteiger partial charge >= 0.3 is 0 Å². The molecule has 0 N–H and O–H groups in total. The van der Waals surface area contributed by atoms with Gasteiger partial charge in [0.2, 0.25) is 0 Å². The molecule has 0 unspecified atom stereocenters. The zero-order valence-electron chi connectivity index (χ0n) is 19.3. The Balaban J connectivity index is 1.75. The lowest BCUT2D eigenvalue weighted by Crippen LogP contribution is -2.36. The molecule has 4 aromatic rings. The van der Waals surface area contributed by atoms with Gasteiger partial charge in [-0.05, 0) is 44.2 Å². The van der Waals surface area contributed by atoms with Crippen LogP contribution in [-0.2, 0) is 13.6 Å². The van der Waals surface area contributed by atoms with Crippen molar-refractivity contribution in [3.05, 3.63) is 70.3 Å². The van der Waals surface area contributed by atoms with Gasteiger partial charge in [-0.1, -0.05) is 6.07 Å². The molecule has 166 valence electrons. The fourth-order valence-corrected chi connectivity index (χ4v) is 4.81. The summed E-state index contributed by atoms with van der Waals surface area (Å²) in [6.45, 7) is 6.11.